The zero-order valence-corrected chi connectivity index (χ0v) is 9.16. The first-order chi connectivity index (χ1) is 8.48. The second-order valence-corrected chi connectivity index (χ2v) is 3.74. The molecule has 0 aliphatic carbocycles. The van der Waals surface area contributed by atoms with Crippen molar-refractivity contribution in [1.82, 2.24) is 0 Å². The van der Waals surface area contributed by atoms with Crippen LogP contribution in [-0.4, -0.2) is 19.1 Å². The predicted octanol–water partition coefficient (Wildman–Crippen LogP) is 3.32. The van der Waals surface area contributed by atoms with Gasteiger partial charge < -0.3 is 9.15 Å². The van der Waals surface area contributed by atoms with Crippen molar-refractivity contribution in [2.24, 2.45) is 0 Å². The van der Waals surface area contributed by atoms with Gasteiger partial charge in [-0.05, 0) is 24.3 Å². The van der Waals surface area contributed by atoms with Gasteiger partial charge in [-0.25, -0.2) is 0 Å². The van der Waals surface area contributed by atoms with Gasteiger partial charge in [-0.15, -0.1) is 0 Å². The third-order valence-electron chi connectivity index (χ3n) is 2.24. The van der Waals surface area contributed by atoms with Gasteiger partial charge in [0.05, 0.1) is 0 Å². The minimum atomic E-state index is -4.35. The topological polar surface area (TPSA) is 39.4 Å². The normalized spacial score (nSPS) is 11.9. The van der Waals surface area contributed by atoms with E-state index in [0.29, 0.717) is 22.8 Å². The molecule has 2 rings (SSSR count). The molecule has 0 N–H and O–H groups in total. The van der Waals surface area contributed by atoms with Crippen LogP contribution in [0.4, 0.5) is 13.2 Å². The molecule has 0 radical (unpaired) electrons. The maximum absolute atomic E-state index is 11.9. The Morgan fingerprint density at radius 1 is 1.28 bits per heavy atom. The summed E-state index contributed by atoms with van der Waals surface area (Å²) in [5.74, 6) is 0.289. The van der Waals surface area contributed by atoms with E-state index in [1.807, 2.05) is 0 Å². The van der Waals surface area contributed by atoms with Gasteiger partial charge >= 0.3 is 6.18 Å². The van der Waals surface area contributed by atoms with Gasteiger partial charge in [0.25, 0.3) is 0 Å². The first kappa shape index (κ1) is 12.6. The van der Waals surface area contributed by atoms with Crippen LogP contribution in [0.3, 0.4) is 0 Å². The van der Waals surface area contributed by atoms with E-state index in [4.69, 9.17) is 4.42 Å². The van der Waals surface area contributed by atoms with Crippen molar-refractivity contribution in [3.05, 3.63) is 35.6 Å². The zero-order valence-electron chi connectivity index (χ0n) is 9.16. The number of furan rings is 1. The Morgan fingerprint density at radius 3 is 2.72 bits per heavy atom. The lowest BCUT2D eigenvalue weighted by Crippen LogP contribution is -2.16. The number of rotatable bonds is 4. The van der Waals surface area contributed by atoms with Crippen LogP contribution in [-0.2, 0) is 11.3 Å². The summed E-state index contributed by atoms with van der Waals surface area (Å²) in [6.07, 6.45) is -3.66. The minimum absolute atomic E-state index is 0.259. The lowest BCUT2D eigenvalue weighted by Gasteiger charge is -2.05. The Morgan fingerprint density at radius 2 is 2.06 bits per heavy atom. The number of ether oxygens (including phenoxy) is 1. The van der Waals surface area contributed by atoms with Crippen LogP contribution >= 0.6 is 0 Å². The van der Waals surface area contributed by atoms with E-state index < -0.39 is 12.8 Å². The van der Waals surface area contributed by atoms with Crippen LogP contribution in [0.25, 0.3) is 11.0 Å². The Bertz CT molecular complexity index is 557. The molecule has 1 heterocycles. The number of benzene rings is 1. The Kier molecular flexibility index (Phi) is 3.38. The summed E-state index contributed by atoms with van der Waals surface area (Å²) in [6.45, 7) is -1.58. The summed E-state index contributed by atoms with van der Waals surface area (Å²) in [5.41, 5.74) is 0.984. The molecule has 0 fully saturated rings. The van der Waals surface area contributed by atoms with Gasteiger partial charge in [-0.1, -0.05) is 0 Å². The highest BCUT2D eigenvalue weighted by molar-refractivity contribution is 5.86. The van der Waals surface area contributed by atoms with Crippen molar-refractivity contribution in [3.63, 3.8) is 0 Å². The maximum Gasteiger partial charge on any atom is 0.411 e. The van der Waals surface area contributed by atoms with Crippen molar-refractivity contribution in [2.75, 3.05) is 6.61 Å². The van der Waals surface area contributed by atoms with E-state index in [2.05, 4.69) is 4.74 Å². The summed E-state index contributed by atoms with van der Waals surface area (Å²) in [5, 5.41) is 0.658. The number of aldehydes is 1. The Balaban J connectivity index is 2.08. The quantitative estimate of drug-likeness (QED) is 0.790. The fourth-order valence-corrected chi connectivity index (χ4v) is 1.53. The van der Waals surface area contributed by atoms with E-state index in [0.717, 1.165) is 0 Å². The summed E-state index contributed by atoms with van der Waals surface area (Å²) in [6, 6.07) is 6.31. The van der Waals surface area contributed by atoms with Gasteiger partial charge in [0, 0.05) is 10.9 Å². The average molecular weight is 258 g/mol. The molecule has 0 aliphatic heterocycles. The van der Waals surface area contributed by atoms with E-state index in [1.54, 1.807) is 24.3 Å². The number of alkyl halides is 3. The van der Waals surface area contributed by atoms with Crippen molar-refractivity contribution >= 4 is 17.3 Å². The predicted molar refractivity (Wildman–Crippen MR) is 57.3 cm³/mol. The second kappa shape index (κ2) is 4.81. The van der Waals surface area contributed by atoms with Crippen molar-refractivity contribution < 1.29 is 27.1 Å². The molecule has 0 atom stereocenters. The molecular formula is C12H9F3O3. The molecule has 0 saturated carbocycles. The van der Waals surface area contributed by atoms with Crippen LogP contribution in [0.1, 0.15) is 16.1 Å². The zero-order chi connectivity index (χ0) is 13.2. The number of hydrogen-bond acceptors (Lipinski definition) is 3. The largest absolute Gasteiger partial charge is 0.459 e. The summed E-state index contributed by atoms with van der Waals surface area (Å²) in [7, 11) is 0. The lowest BCUT2D eigenvalue weighted by atomic mass is 10.2. The Labute approximate surface area is 100 Å². The second-order valence-electron chi connectivity index (χ2n) is 3.74. The first-order valence-electron chi connectivity index (χ1n) is 5.10. The molecule has 1 aromatic carbocycles. The van der Waals surface area contributed by atoms with Crippen LogP contribution in [0.15, 0.2) is 28.7 Å². The first-order valence-corrected chi connectivity index (χ1v) is 5.10. The molecule has 0 spiro atoms. The number of halogens is 3. The van der Waals surface area contributed by atoms with Gasteiger partial charge in [-0.3, -0.25) is 4.79 Å². The molecule has 3 nitrogen and oxygen atoms in total. The molecule has 1 aromatic heterocycles. The third-order valence-corrected chi connectivity index (χ3v) is 2.24. The van der Waals surface area contributed by atoms with Gasteiger partial charge in [0.1, 0.15) is 30.8 Å². The molecule has 0 amide bonds. The SMILES string of the molecule is O=Cc1ccc2oc(COCC(F)(F)F)cc2c1. The molecule has 2 aromatic rings. The number of hydrogen-bond donors (Lipinski definition) is 0. The number of carbonyl (C=O) groups is 1. The summed E-state index contributed by atoms with van der Waals surface area (Å²) in [4.78, 5) is 10.6. The highest BCUT2D eigenvalue weighted by Gasteiger charge is 2.27. The minimum Gasteiger partial charge on any atom is -0.459 e. The Hall–Kier alpha value is -1.82. The monoisotopic (exact) mass is 258 g/mol. The average Bonchev–Trinajstić information content (AvgIpc) is 2.68. The lowest BCUT2D eigenvalue weighted by molar-refractivity contribution is -0.177. The van der Waals surface area contributed by atoms with Crippen molar-refractivity contribution in [3.8, 4) is 0 Å². The molecule has 0 unspecified atom stereocenters. The molecule has 0 bridgehead atoms. The molecule has 6 heteroatoms. The molecule has 96 valence electrons. The van der Waals surface area contributed by atoms with Crippen molar-refractivity contribution in [2.45, 2.75) is 12.8 Å². The third kappa shape index (κ3) is 3.10. The number of fused-ring (bicyclic) bond motifs is 1. The maximum atomic E-state index is 11.9. The van der Waals surface area contributed by atoms with Crippen LogP contribution in [0, 0.1) is 0 Å². The van der Waals surface area contributed by atoms with E-state index in [-0.39, 0.29) is 12.4 Å². The smallest absolute Gasteiger partial charge is 0.411 e. The highest BCUT2D eigenvalue weighted by atomic mass is 19.4. The van der Waals surface area contributed by atoms with Crippen molar-refractivity contribution in [1.29, 1.82) is 0 Å². The molecule has 18 heavy (non-hydrogen) atoms. The standard InChI is InChI=1S/C12H9F3O3/c13-12(14,15)7-17-6-10-4-9-3-8(5-16)1-2-11(9)18-10/h1-5H,6-7H2. The molecule has 0 aliphatic rings. The van der Waals surface area contributed by atoms with E-state index >= 15 is 0 Å². The van der Waals surface area contributed by atoms with Gasteiger partial charge in [-0.2, -0.15) is 13.2 Å². The summed E-state index contributed by atoms with van der Waals surface area (Å²) < 4.78 is 45.4. The molecular weight excluding hydrogens is 249 g/mol. The van der Waals surface area contributed by atoms with Gasteiger partial charge in [0.2, 0.25) is 0 Å². The van der Waals surface area contributed by atoms with Crippen LogP contribution < -0.4 is 0 Å². The molecule has 0 saturated heterocycles. The number of carbonyl (C=O) groups excluding carboxylic acids is 1. The fraction of sp³-hybridized carbons (Fsp3) is 0.250. The van der Waals surface area contributed by atoms with Crippen LogP contribution in [0.5, 0.6) is 0 Å². The highest BCUT2D eigenvalue weighted by Crippen LogP contribution is 2.22. The van der Waals surface area contributed by atoms with E-state index in [9.17, 15) is 18.0 Å². The fourth-order valence-electron chi connectivity index (χ4n) is 1.53. The van der Waals surface area contributed by atoms with E-state index in [1.165, 1.54) is 0 Å². The summed E-state index contributed by atoms with van der Waals surface area (Å²) >= 11 is 0. The van der Waals surface area contributed by atoms with Crippen LogP contribution in [0.2, 0.25) is 0 Å². The van der Waals surface area contributed by atoms with Gasteiger partial charge in [0.15, 0.2) is 0 Å².